The molecule has 2 saturated heterocycles. The summed E-state index contributed by atoms with van der Waals surface area (Å²) >= 11 is 0. The minimum absolute atomic E-state index is 0.101. The highest BCUT2D eigenvalue weighted by Gasteiger charge is 2.54. The average molecular weight is 1810 g/mol. The standard InChI is InChI=1S/C122H232O7/c1-23-24-25-26-27-28-29-30-31-32-33-34-35-36-37-38-39-40-41-42-43-44-45-46-47-48-49-50-51-52-53-54-55-88-111-97-112(125-22)118(123)113(98-111)126-115-91-92-117(128-120(115,19)94-65-85-108(15)81-61-77-104(11)73-57-69-100(4)5)122(21,96-67-87-110(17)83-63-79-106(13)75-59-71-102(8)9)129-121(20,95-66-86-109(16)82-62-78-105(12)74-58-70-101(6)7)116-90-89-114(127-116)119(18,124)93-64-84-107(14)80-60-76-103(10)72-56-68-99(2)3/h30-31,97-110,114-117,123-124H,23-29,32-96H2,1-22H3. The van der Waals surface area contributed by atoms with Crippen molar-refractivity contribution in [1.82, 2.24) is 0 Å². The van der Waals surface area contributed by atoms with E-state index in [4.69, 9.17) is 23.7 Å². The van der Waals surface area contributed by atoms with E-state index in [1.807, 2.05) is 0 Å². The molecule has 0 aromatic heterocycles. The van der Waals surface area contributed by atoms with E-state index in [0.717, 1.165) is 150 Å². The first-order valence-corrected chi connectivity index (χ1v) is 58.3. The van der Waals surface area contributed by atoms with E-state index >= 15 is 0 Å². The molecule has 2 aliphatic rings. The summed E-state index contributed by atoms with van der Waals surface area (Å²) in [5, 5.41) is 24.9. The first kappa shape index (κ1) is 121. The summed E-state index contributed by atoms with van der Waals surface area (Å²) in [6.07, 6.45) is 95.4. The van der Waals surface area contributed by atoms with Crippen LogP contribution in [0, 0.1) is 71.0 Å². The van der Waals surface area contributed by atoms with Crippen LogP contribution in [0.15, 0.2) is 24.3 Å². The second-order valence-electron chi connectivity index (χ2n) is 48.2. The number of unbranched alkanes of at least 4 members (excludes halogenated alkanes) is 29. The number of rotatable bonds is 89. The Balaban J connectivity index is 1.81. The predicted octanol–water partition coefficient (Wildman–Crippen LogP) is 39.9. The molecule has 0 aliphatic carbocycles. The zero-order chi connectivity index (χ0) is 94.8. The van der Waals surface area contributed by atoms with E-state index in [1.165, 1.54) is 365 Å². The molecule has 16 atom stereocenters. The van der Waals surface area contributed by atoms with Gasteiger partial charge in [0.15, 0.2) is 11.5 Å². The van der Waals surface area contributed by atoms with E-state index < -0.39 is 22.4 Å². The van der Waals surface area contributed by atoms with Crippen molar-refractivity contribution in [2.24, 2.45) is 71.0 Å². The fourth-order valence-corrected chi connectivity index (χ4v) is 22.6. The van der Waals surface area contributed by atoms with Crippen LogP contribution >= 0.6 is 0 Å². The first-order chi connectivity index (χ1) is 61.8. The molecule has 762 valence electrons. The summed E-state index contributed by atoms with van der Waals surface area (Å²) in [4.78, 5) is 0. The van der Waals surface area contributed by atoms with Crippen LogP contribution in [0.4, 0.5) is 0 Å². The molecule has 0 bridgehead atoms. The lowest BCUT2D eigenvalue weighted by Gasteiger charge is -2.53. The normalized spacial score (nSPS) is 20.4. The zero-order valence-corrected chi connectivity index (χ0v) is 91.4. The molecule has 129 heavy (non-hydrogen) atoms. The quantitative estimate of drug-likeness (QED) is 0.0496. The summed E-state index contributed by atoms with van der Waals surface area (Å²) < 4.78 is 37.4. The Hall–Kier alpha value is -1.80. The SMILES string of the molecule is CCCCCCCCC=CCCCCCCCCCCCCCCCCCCCCCCCCCc1cc(OC)c(O)c(OC2CCC(C(C)(CCCC(C)CCCC(C)CCCC(C)C)OC(C)(CCCC(C)CCCC(C)CCCC(C)C)C3CCC(C(C)(O)CCCC(C)CCCC(C)CCCC(C)C)O3)OC2(C)CCCC(C)CCCC(C)CCCC(C)C)c1. The largest absolute Gasteiger partial charge is 0.502 e. The smallest absolute Gasteiger partial charge is 0.200 e. The van der Waals surface area contributed by atoms with Crippen LogP contribution in [0.1, 0.15) is 607 Å². The average Bonchev–Trinajstić information content (AvgIpc) is 1.58. The minimum atomic E-state index is -0.918. The van der Waals surface area contributed by atoms with Crippen molar-refractivity contribution >= 4 is 0 Å². The number of ether oxygens (including phenoxy) is 5. The predicted molar refractivity (Wildman–Crippen MR) is 569 cm³/mol. The number of aliphatic hydroxyl groups is 1. The molecular formula is C122H232O7. The number of aryl methyl sites for hydroxylation is 1. The highest BCUT2D eigenvalue weighted by molar-refractivity contribution is 5.53. The third-order valence-corrected chi connectivity index (χ3v) is 32.1. The Morgan fingerprint density at radius 2 is 0.636 bits per heavy atom. The van der Waals surface area contributed by atoms with Crippen molar-refractivity contribution in [2.45, 2.75) is 655 Å². The molecule has 7 heteroatoms. The third kappa shape index (κ3) is 60.0. The molecule has 2 aliphatic heterocycles. The Morgan fingerprint density at radius 1 is 0.349 bits per heavy atom. The van der Waals surface area contributed by atoms with Gasteiger partial charge >= 0.3 is 0 Å². The number of phenols is 1. The number of hydrogen-bond acceptors (Lipinski definition) is 7. The van der Waals surface area contributed by atoms with Gasteiger partial charge in [0, 0.05) is 0 Å². The fourth-order valence-electron chi connectivity index (χ4n) is 22.6. The lowest BCUT2D eigenvalue weighted by atomic mass is 9.78. The summed E-state index contributed by atoms with van der Waals surface area (Å²) in [7, 11) is 1.70. The van der Waals surface area contributed by atoms with Gasteiger partial charge in [0.1, 0.15) is 11.7 Å². The molecule has 3 rings (SSSR count). The number of phenolic OH excluding ortho intramolecular Hbond substituents is 1. The molecule has 16 unspecified atom stereocenters. The Morgan fingerprint density at radius 3 is 0.984 bits per heavy atom. The lowest BCUT2D eigenvalue weighted by molar-refractivity contribution is -0.281. The van der Waals surface area contributed by atoms with Crippen LogP contribution < -0.4 is 9.47 Å². The second kappa shape index (κ2) is 74.3. The molecule has 2 heterocycles. The van der Waals surface area contributed by atoms with Crippen LogP contribution in [0.3, 0.4) is 0 Å². The van der Waals surface area contributed by atoms with Gasteiger partial charge in [0.05, 0.1) is 42.2 Å². The maximum absolute atomic E-state index is 12.7. The third-order valence-electron chi connectivity index (χ3n) is 32.1. The fraction of sp³-hybridized carbons (Fsp3) is 0.934. The van der Waals surface area contributed by atoms with Crippen molar-refractivity contribution in [2.75, 3.05) is 7.11 Å². The van der Waals surface area contributed by atoms with Crippen molar-refractivity contribution in [1.29, 1.82) is 0 Å². The Kier molecular flexibility index (Phi) is 69.9. The zero-order valence-electron chi connectivity index (χ0n) is 91.4. The molecule has 7 nitrogen and oxygen atoms in total. The van der Waals surface area contributed by atoms with Gasteiger partial charge < -0.3 is 33.9 Å². The highest BCUT2D eigenvalue weighted by Crippen LogP contribution is 2.49. The van der Waals surface area contributed by atoms with Gasteiger partial charge in [-0.15, -0.1) is 0 Å². The Labute approximate surface area is 808 Å². The molecular weight excluding hydrogens is 1580 g/mol. The topological polar surface area (TPSA) is 86.6 Å². The first-order valence-electron chi connectivity index (χ1n) is 58.3. The summed E-state index contributed by atoms with van der Waals surface area (Å²) in [5.74, 6) is 10.0. The van der Waals surface area contributed by atoms with Crippen LogP contribution in [0.5, 0.6) is 17.2 Å². The molecule has 0 radical (unpaired) electrons. The van der Waals surface area contributed by atoms with Gasteiger partial charge in [-0.2, -0.15) is 0 Å². The monoisotopic (exact) mass is 1810 g/mol. The van der Waals surface area contributed by atoms with Gasteiger partial charge in [-0.25, -0.2) is 0 Å². The molecule has 2 fully saturated rings. The van der Waals surface area contributed by atoms with Crippen molar-refractivity contribution in [3.05, 3.63) is 29.8 Å². The van der Waals surface area contributed by atoms with Crippen LogP contribution in [0.25, 0.3) is 0 Å². The molecule has 0 amide bonds. The molecule has 2 N–H and O–H groups in total. The number of aromatic hydroxyl groups is 1. The van der Waals surface area contributed by atoms with E-state index in [0.29, 0.717) is 35.2 Å². The molecule has 1 aromatic carbocycles. The van der Waals surface area contributed by atoms with Crippen molar-refractivity contribution < 1.29 is 33.9 Å². The van der Waals surface area contributed by atoms with Gasteiger partial charge in [0.25, 0.3) is 0 Å². The number of hydrogen-bond donors (Lipinski definition) is 2. The van der Waals surface area contributed by atoms with Gasteiger partial charge in [-0.05, 0) is 206 Å². The van der Waals surface area contributed by atoms with E-state index in [9.17, 15) is 10.2 Å². The summed E-state index contributed by atoms with van der Waals surface area (Å²) in [5.41, 5.74) is -1.65. The number of benzene rings is 1. The highest BCUT2D eigenvalue weighted by atomic mass is 16.6. The summed E-state index contributed by atoms with van der Waals surface area (Å²) in [6.45, 7) is 50.5. The molecule has 0 spiro atoms. The van der Waals surface area contributed by atoms with Gasteiger partial charge in [-0.3, -0.25) is 0 Å². The maximum atomic E-state index is 12.7. The van der Waals surface area contributed by atoms with Gasteiger partial charge in [-0.1, -0.05) is 502 Å². The van der Waals surface area contributed by atoms with E-state index in [-0.39, 0.29) is 30.2 Å². The van der Waals surface area contributed by atoms with Crippen molar-refractivity contribution in [3.8, 4) is 17.2 Å². The van der Waals surface area contributed by atoms with E-state index in [1.54, 1.807) is 7.11 Å². The molecule has 1 aromatic rings. The van der Waals surface area contributed by atoms with Crippen LogP contribution in [-0.2, 0) is 20.6 Å². The molecule has 0 saturated carbocycles. The van der Waals surface area contributed by atoms with Crippen molar-refractivity contribution in [3.63, 3.8) is 0 Å². The Bertz CT molecular complexity index is 2730. The number of methoxy groups -OCH3 is 1. The second-order valence-corrected chi connectivity index (χ2v) is 48.2. The maximum Gasteiger partial charge on any atom is 0.200 e. The number of allylic oxidation sites excluding steroid dienone is 2. The lowest BCUT2D eigenvalue weighted by Crippen LogP contribution is -2.60. The van der Waals surface area contributed by atoms with Crippen LogP contribution in [-0.4, -0.2) is 64.1 Å². The van der Waals surface area contributed by atoms with Gasteiger partial charge in [0.2, 0.25) is 5.75 Å². The minimum Gasteiger partial charge on any atom is -0.502 e. The summed E-state index contributed by atoms with van der Waals surface area (Å²) in [6, 6.07) is 4.21. The van der Waals surface area contributed by atoms with Crippen LogP contribution in [0.2, 0.25) is 0 Å². The van der Waals surface area contributed by atoms with E-state index in [2.05, 4.69) is 170 Å².